The van der Waals surface area contributed by atoms with Crippen molar-refractivity contribution in [1.29, 1.82) is 0 Å². The Morgan fingerprint density at radius 1 is 1.04 bits per heavy atom. The van der Waals surface area contributed by atoms with E-state index in [0.29, 0.717) is 11.1 Å². The molecule has 0 bridgehead atoms. The zero-order chi connectivity index (χ0) is 18.2. The molecule has 1 aromatic heterocycles. The predicted octanol–water partition coefficient (Wildman–Crippen LogP) is 4.32. The number of anilines is 2. The maximum Gasteiger partial charge on any atom is 0.451 e. The largest absolute Gasteiger partial charge is 0.451 e. The highest BCUT2D eigenvalue weighted by atomic mass is 19.4. The minimum absolute atomic E-state index is 0.0618. The summed E-state index contributed by atoms with van der Waals surface area (Å²) in [6, 6.07) is 11.8. The summed E-state index contributed by atoms with van der Waals surface area (Å²) in [5.74, 6) is -1.18. The number of aromatic nitrogens is 2. The van der Waals surface area contributed by atoms with Crippen LogP contribution in [0.3, 0.4) is 0 Å². The highest BCUT2D eigenvalue weighted by Crippen LogP contribution is 2.34. The van der Waals surface area contributed by atoms with Crippen molar-refractivity contribution in [3.8, 4) is 0 Å². The smallest absolute Gasteiger partial charge is 0.329 e. The summed E-state index contributed by atoms with van der Waals surface area (Å²) in [7, 11) is 1.54. The minimum Gasteiger partial charge on any atom is -0.329 e. The zero-order valence-corrected chi connectivity index (χ0v) is 12.9. The first kappa shape index (κ1) is 16.6. The number of hydrogen-bond acceptors (Lipinski definition) is 5. The first-order valence-electron chi connectivity index (χ1n) is 7.09. The minimum atomic E-state index is -4.69. The quantitative estimate of drug-likeness (QED) is 0.520. The first-order valence-corrected chi connectivity index (χ1v) is 7.09. The maximum absolute atomic E-state index is 13.1. The predicted molar refractivity (Wildman–Crippen MR) is 85.7 cm³/mol. The number of nitro groups is 1. The van der Waals surface area contributed by atoms with E-state index in [4.69, 9.17) is 0 Å². The standard InChI is InChI=1S/C16H11F3N4O2/c1-22(10-6-8-11(9-7-10)23(24)25)14-12-4-2-3-5-13(12)20-15(21-14)16(17,18)19/h2-9H,1H3. The van der Waals surface area contributed by atoms with E-state index in [9.17, 15) is 23.3 Å². The number of alkyl halides is 3. The average Bonchev–Trinajstić information content (AvgIpc) is 2.59. The van der Waals surface area contributed by atoms with Gasteiger partial charge in [-0.2, -0.15) is 13.2 Å². The fourth-order valence-corrected chi connectivity index (χ4v) is 2.36. The molecule has 0 aliphatic heterocycles. The lowest BCUT2D eigenvalue weighted by Crippen LogP contribution is -2.17. The van der Waals surface area contributed by atoms with Crippen molar-refractivity contribution in [2.45, 2.75) is 6.18 Å². The van der Waals surface area contributed by atoms with Gasteiger partial charge in [-0.15, -0.1) is 0 Å². The Morgan fingerprint density at radius 2 is 1.68 bits per heavy atom. The molecule has 0 saturated heterocycles. The van der Waals surface area contributed by atoms with Gasteiger partial charge >= 0.3 is 6.18 Å². The molecule has 2 aromatic carbocycles. The maximum atomic E-state index is 13.1. The third kappa shape index (κ3) is 3.21. The topological polar surface area (TPSA) is 72.2 Å². The fourth-order valence-electron chi connectivity index (χ4n) is 2.36. The number of para-hydroxylation sites is 1. The molecule has 3 rings (SSSR count). The third-order valence-corrected chi connectivity index (χ3v) is 3.60. The normalized spacial score (nSPS) is 11.5. The lowest BCUT2D eigenvalue weighted by atomic mass is 10.2. The average molecular weight is 348 g/mol. The Hall–Kier alpha value is -3.23. The number of rotatable bonds is 3. The molecule has 0 atom stereocenters. The van der Waals surface area contributed by atoms with E-state index in [2.05, 4.69) is 9.97 Å². The first-order chi connectivity index (χ1) is 11.8. The van der Waals surface area contributed by atoms with Gasteiger partial charge in [0.15, 0.2) is 0 Å². The van der Waals surface area contributed by atoms with Crippen LogP contribution >= 0.6 is 0 Å². The van der Waals surface area contributed by atoms with E-state index in [0.717, 1.165) is 0 Å². The van der Waals surface area contributed by atoms with Gasteiger partial charge < -0.3 is 4.90 Å². The lowest BCUT2D eigenvalue weighted by Gasteiger charge is -2.21. The molecular formula is C16H11F3N4O2. The van der Waals surface area contributed by atoms with Crippen LogP contribution in [0, 0.1) is 10.1 Å². The summed E-state index contributed by atoms with van der Waals surface area (Å²) in [4.78, 5) is 18.8. The van der Waals surface area contributed by atoms with Crippen molar-refractivity contribution in [2.75, 3.05) is 11.9 Å². The van der Waals surface area contributed by atoms with Gasteiger partial charge in [0.05, 0.1) is 10.4 Å². The van der Waals surface area contributed by atoms with Gasteiger partial charge in [0, 0.05) is 30.3 Å². The zero-order valence-electron chi connectivity index (χ0n) is 12.9. The van der Waals surface area contributed by atoms with Crippen molar-refractivity contribution >= 4 is 28.1 Å². The SMILES string of the molecule is CN(c1ccc([N+](=O)[O-])cc1)c1nc(C(F)(F)F)nc2ccccc12. The van der Waals surface area contributed by atoms with Crippen molar-refractivity contribution in [2.24, 2.45) is 0 Å². The van der Waals surface area contributed by atoms with Crippen LogP contribution in [-0.4, -0.2) is 21.9 Å². The molecule has 0 aliphatic rings. The van der Waals surface area contributed by atoms with Crippen LogP contribution < -0.4 is 4.90 Å². The highest BCUT2D eigenvalue weighted by molar-refractivity contribution is 5.91. The molecule has 25 heavy (non-hydrogen) atoms. The molecular weight excluding hydrogens is 337 g/mol. The van der Waals surface area contributed by atoms with Crippen molar-refractivity contribution < 1.29 is 18.1 Å². The van der Waals surface area contributed by atoms with Crippen LogP contribution in [-0.2, 0) is 6.18 Å². The van der Waals surface area contributed by atoms with Gasteiger partial charge in [-0.05, 0) is 24.3 Å². The molecule has 1 heterocycles. The number of hydrogen-bond donors (Lipinski definition) is 0. The lowest BCUT2D eigenvalue weighted by molar-refractivity contribution is -0.384. The molecule has 0 aliphatic carbocycles. The molecule has 128 valence electrons. The third-order valence-electron chi connectivity index (χ3n) is 3.60. The monoisotopic (exact) mass is 348 g/mol. The second-order valence-electron chi connectivity index (χ2n) is 5.22. The molecule has 3 aromatic rings. The summed E-state index contributed by atoms with van der Waals surface area (Å²) in [6.07, 6.45) is -4.69. The van der Waals surface area contributed by atoms with Gasteiger partial charge in [-0.1, -0.05) is 12.1 Å². The Morgan fingerprint density at radius 3 is 2.28 bits per heavy atom. The van der Waals surface area contributed by atoms with E-state index in [-0.39, 0.29) is 17.0 Å². The molecule has 0 spiro atoms. The van der Waals surface area contributed by atoms with Crippen molar-refractivity contribution in [1.82, 2.24) is 9.97 Å². The second kappa shape index (κ2) is 6.00. The summed E-state index contributed by atoms with van der Waals surface area (Å²) >= 11 is 0. The molecule has 0 fully saturated rings. The van der Waals surface area contributed by atoms with Gasteiger partial charge in [0.2, 0.25) is 5.82 Å². The van der Waals surface area contributed by atoms with Crippen LogP contribution in [0.5, 0.6) is 0 Å². The number of fused-ring (bicyclic) bond motifs is 1. The van der Waals surface area contributed by atoms with Gasteiger partial charge in [0.1, 0.15) is 5.82 Å². The van der Waals surface area contributed by atoms with Gasteiger partial charge in [-0.3, -0.25) is 10.1 Å². The van der Waals surface area contributed by atoms with E-state index in [1.165, 1.54) is 42.3 Å². The number of nitro benzene ring substituents is 1. The molecule has 9 heteroatoms. The van der Waals surface area contributed by atoms with E-state index in [1.807, 2.05) is 0 Å². The second-order valence-corrected chi connectivity index (χ2v) is 5.22. The Kier molecular flexibility index (Phi) is 3.99. The van der Waals surface area contributed by atoms with Crippen LogP contribution in [0.25, 0.3) is 10.9 Å². The van der Waals surface area contributed by atoms with Crippen LogP contribution in [0.15, 0.2) is 48.5 Å². The molecule has 0 N–H and O–H groups in total. The fraction of sp³-hybridized carbons (Fsp3) is 0.125. The molecule has 0 amide bonds. The summed E-state index contributed by atoms with van der Waals surface area (Å²) < 4.78 is 39.3. The van der Waals surface area contributed by atoms with Crippen LogP contribution in [0.2, 0.25) is 0 Å². The summed E-state index contributed by atoms with van der Waals surface area (Å²) in [5.41, 5.74) is 0.511. The number of nitrogens with zero attached hydrogens (tertiary/aromatic N) is 4. The number of halogens is 3. The molecule has 0 saturated carbocycles. The Bertz CT molecular complexity index is 942. The number of non-ortho nitro benzene ring substituents is 1. The van der Waals surface area contributed by atoms with Crippen molar-refractivity contribution in [3.63, 3.8) is 0 Å². The number of benzene rings is 2. The van der Waals surface area contributed by atoms with Crippen molar-refractivity contribution in [3.05, 3.63) is 64.5 Å². The molecule has 6 nitrogen and oxygen atoms in total. The van der Waals surface area contributed by atoms with Gasteiger partial charge in [0.25, 0.3) is 5.69 Å². The van der Waals surface area contributed by atoms with Crippen LogP contribution in [0.4, 0.5) is 30.4 Å². The van der Waals surface area contributed by atoms with E-state index < -0.39 is 16.9 Å². The van der Waals surface area contributed by atoms with E-state index >= 15 is 0 Å². The van der Waals surface area contributed by atoms with Gasteiger partial charge in [-0.25, -0.2) is 9.97 Å². The van der Waals surface area contributed by atoms with E-state index in [1.54, 1.807) is 18.2 Å². The molecule has 0 unspecified atom stereocenters. The van der Waals surface area contributed by atoms with Crippen LogP contribution in [0.1, 0.15) is 5.82 Å². The Labute approximate surface area is 139 Å². The summed E-state index contributed by atoms with van der Waals surface area (Å²) in [6.45, 7) is 0. The highest BCUT2D eigenvalue weighted by Gasteiger charge is 2.36. The summed E-state index contributed by atoms with van der Waals surface area (Å²) in [5, 5.41) is 11.2. The molecule has 0 radical (unpaired) electrons. The Balaban J connectivity index is 2.14.